The first-order valence-corrected chi connectivity index (χ1v) is 17.4. The van der Waals surface area contributed by atoms with E-state index in [4.69, 9.17) is 14.2 Å². The number of ether oxygens (including phenoxy) is 3. The van der Waals surface area contributed by atoms with E-state index in [-0.39, 0.29) is 102 Å². The number of halogens is 3. The predicted molar refractivity (Wildman–Crippen MR) is 190 cm³/mol. The van der Waals surface area contributed by atoms with Gasteiger partial charge in [-0.1, -0.05) is 6.92 Å². The Morgan fingerprint density at radius 1 is 1.21 bits per heavy atom. The molecule has 4 aromatic rings. The van der Waals surface area contributed by atoms with Gasteiger partial charge in [0.1, 0.15) is 6.17 Å². The van der Waals surface area contributed by atoms with E-state index in [1.54, 1.807) is 24.1 Å². The number of benzene rings is 2. The summed E-state index contributed by atoms with van der Waals surface area (Å²) >= 11 is 0.272. The molecule has 6 rings (SSSR count). The predicted octanol–water partition coefficient (Wildman–Crippen LogP) is 4.47. The van der Waals surface area contributed by atoms with Gasteiger partial charge in [-0.3, -0.25) is 4.90 Å². The van der Waals surface area contributed by atoms with E-state index in [1.807, 2.05) is 6.92 Å². The molecule has 2 aliphatic heterocycles. The van der Waals surface area contributed by atoms with Gasteiger partial charge in [0, 0.05) is 13.0 Å². The fourth-order valence-electron chi connectivity index (χ4n) is 6.78. The Hall–Kier alpha value is -2.64. The summed E-state index contributed by atoms with van der Waals surface area (Å²) in [4.78, 5) is 29.4. The fraction of sp³-hybridized carbons (Fsp3) is 0.424. The number of rotatable bonds is 10. The quantitative estimate of drug-likeness (QED) is 0.0620. The van der Waals surface area contributed by atoms with Crippen LogP contribution in [0.2, 0.25) is 0 Å². The average Bonchev–Trinajstić information content (AvgIpc) is 3.57. The maximum Gasteiger partial charge on any atom is -0.153 e. The number of methoxy groups -OCH3 is 1. The van der Waals surface area contributed by atoms with Gasteiger partial charge in [0.2, 0.25) is 0 Å². The van der Waals surface area contributed by atoms with Gasteiger partial charge >= 0.3 is 214 Å². The molecular weight excluding hydrogens is 855 g/mol. The smallest absolute Gasteiger partial charge is 0.153 e. The van der Waals surface area contributed by atoms with Gasteiger partial charge in [-0.05, 0) is 25.8 Å². The minimum Gasteiger partial charge on any atom is -0.813 e. The van der Waals surface area contributed by atoms with Gasteiger partial charge in [0.05, 0.1) is 5.54 Å². The van der Waals surface area contributed by atoms with E-state index < -0.39 is 28.9 Å². The molecule has 0 bridgehead atoms. The SMILES string of the molecule is CCCN(C)c1nc(OC[C@@]23CCCN2C[C@H](F)C3)nc2c(F)c(-c3cc(OCOC)cc4ccc(F)c(C#[C][Tl])c34)[nH]c(=O)c12.P.[SH-]. The van der Waals surface area contributed by atoms with Crippen LogP contribution in [-0.4, -0.2) is 105 Å². The van der Waals surface area contributed by atoms with Crippen molar-refractivity contribution in [2.24, 2.45) is 0 Å². The van der Waals surface area contributed by atoms with Crippen LogP contribution in [0.3, 0.4) is 0 Å². The van der Waals surface area contributed by atoms with Crippen LogP contribution in [0.25, 0.3) is 32.9 Å². The number of pyridine rings is 1. The van der Waals surface area contributed by atoms with Crippen LogP contribution in [0.5, 0.6) is 11.8 Å². The number of H-pyrrole nitrogens is 1. The fourth-order valence-corrected chi connectivity index (χ4v) is 7.34. The zero-order valence-electron chi connectivity index (χ0n) is 27.0. The molecule has 1 N–H and O–H groups in total. The van der Waals surface area contributed by atoms with Gasteiger partial charge in [-0.15, -0.1) is 0 Å². The molecule has 3 atom stereocenters. The Bertz CT molecular complexity index is 1940. The van der Waals surface area contributed by atoms with Crippen molar-refractivity contribution < 1.29 is 27.4 Å². The van der Waals surface area contributed by atoms with Crippen LogP contribution < -0.4 is 19.9 Å². The Balaban J connectivity index is 0.00000260. The Morgan fingerprint density at radius 3 is 2.73 bits per heavy atom. The Kier molecular flexibility index (Phi) is 12.7. The van der Waals surface area contributed by atoms with Crippen molar-refractivity contribution in [3.05, 3.63) is 51.8 Å². The molecule has 9 nitrogen and oxygen atoms in total. The molecule has 0 spiro atoms. The summed E-state index contributed by atoms with van der Waals surface area (Å²) in [5.41, 5.74) is -1.30. The second-order valence-electron chi connectivity index (χ2n) is 11.8. The van der Waals surface area contributed by atoms with Crippen molar-refractivity contribution in [3.8, 4) is 32.4 Å². The number of nitrogens with zero attached hydrogens (tertiary/aromatic N) is 4. The Morgan fingerprint density at radius 2 is 2.00 bits per heavy atom. The van der Waals surface area contributed by atoms with Gasteiger partial charge in [0.25, 0.3) is 0 Å². The number of aromatic nitrogens is 3. The minimum atomic E-state index is -0.945. The van der Waals surface area contributed by atoms with Crippen LogP contribution in [0.4, 0.5) is 19.0 Å². The number of anilines is 1. The summed E-state index contributed by atoms with van der Waals surface area (Å²) in [6.45, 7) is 3.70. The normalized spacial score (nSPS) is 18.5. The van der Waals surface area contributed by atoms with Gasteiger partial charge in [-0.25, -0.2) is 4.39 Å². The molecule has 2 aromatic carbocycles. The molecule has 4 heterocycles. The van der Waals surface area contributed by atoms with E-state index >= 15 is 8.78 Å². The van der Waals surface area contributed by atoms with E-state index in [0.717, 1.165) is 25.8 Å². The third-order valence-electron chi connectivity index (χ3n) is 8.76. The Labute approximate surface area is 303 Å². The standard InChI is InChI=1S/C33H33F3N5O4.H3P.H2S.Tl/c1-5-11-40(3)30-26-29(38-32(39-30)44-17-33-10-7-12-41(33)16-20(34)15-33)27(36)28(37-31(26)42)23-14-21(45-18-43-4)13-19-8-9-24(35)22(6-2)25(19)23;;;/h8-9,13-14,20H,5,7,10-12,15-18H2,1,3-4H3,(H,37,42);1H3;1H2;/p-1/t20-,33+;;;/m1.../s1. The molecule has 254 valence electrons. The van der Waals surface area contributed by atoms with Gasteiger partial charge in [-0.2, -0.15) is 9.90 Å². The van der Waals surface area contributed by atoms with E-state index in [1.165, 1.54) is 19.2 Å². The van der Waals surface area contributed by atoms with E-state index in [9.17, 15) is 9.18 Å². The maximum atomic E-state index is 16.9. The molecular formula is C33H37F3N5O4PSTl-. The van der Waals surface area contributed by atoms with Gasteiger partial charge in [0.15, 0.2) is 0 Å². The minimum absolute atomic E-state index is 0. The van der Waals surface area contributed by atoms with Crippen molar-refractivity contribution in [3.63, 3.8) is 0 Å². The second kappa shape index (κ2) is 15.9. The van der Waals surface area contributed by atoms with E-state index in [2.05, 4.69) is 29.3 Å². The number of nitrogens with one attached hydrogen (secondary N) is 1. The molecule has 2 aliphatic rings. The molecule has 1 unspecified atom stereocenters. The third-order valence-corrected chi connectivity index (χ3v) is 9.33. The van der Waals surface area contributed by atoms with E-state index in [0.29, 0.717) is 36.0 Å². The summed E-state index contributed by atoms with van der Waals surface area (Å²) in [6.07, 6.45) is 1.85. The molecule has 15 heteroatoms. The molecule has 48 heavy (non-hydrogen) atoms. The zero-order valence-corrected chi connectivity index (χ0v) is 33.8. The molecule has 2 saturated heterocycles. The zero-order chi connectivity index (χ0) is 32.6. The van der Waals surface area contributed by atoms with Crippen molar-refractivity contribution in [1.29, 1.82) is 0 Å². The van der Waals surface area contributed by atoms with Crippen LogP contribution in [0.1, 0.15) is 38.2 Å². The molecule has 0 radical (unpaired) electrons. The summed E-state index contributed by atoms with van der Waals surface area (Å²) in [6, 6.07) is 5.93. The number of hydrogen-bond donors (Lipinski definition) is 1. The van der Waals surface area contributed by atoms with Crippen molar-refractivity contribution in [1.82, 2.24) is 19.9 Å². The third kappa shape index (κ3) is 7.14. The summed E-state index contributed by atoms with van der Waals surface area (Å²) in [5.74, 6) is 1.97. The number of alkyl halides is 1. The van der Waals surface area contributed by atoms with Crippen LogP contribution in [0, 0.1) is 21.0 Å². The van der Waals surface area contributed by atoms with Gasteiger partial charge < -0.3 is 13.5 Å². The van der Waals surface area contributed by atoms with Crippen molar-refractivity contribution in [2.45, 2.75) is 44.3 Å². The van der Waals surface area contributed by atoms with Crippen molar-refractivity contribution in [2.75, 3.05) is 52.1 Å². The van der Waals surface area contributed by atoms with Crippen LogP contribution >= 0.6 is 9.90 Å². The molecule has 0 saturated carbocycles. The summed E-state index contributed by atoms with van der Waals surface area (Å²) < 4.78 is 66.2. The molecule has 0 aliphatic carbocycles. The first-order chi connectivity index (χ1) is 22.2. The molecule has 0 amide bonds. The van der Waals surface area contributed by atoms with Crippen LogP contribution in [-0.2, 0) is 18.2 Å². The van der Waals surface area contributed by atoms with Crippen molar-refractivity contribution >= 4 is 76.7 Å². The number of aromatic amines is 1. The number of thiol groups is 1. The number of hydrogen-bond acceptors (Lipinski definition) is 9. The average molecular weight is 892 g/mol. The molecule has 2 aromatic heterocycles. The summed E-state index contributed by atoms with van der Waals surface area (Å²) in [7, 11) is 3.23. The topological polar surface area (TPSA) is 92.8 Å². The number of fused-ring (bicyclic) bond motifs is 3. The molecule has 2 fully saturated rings. The first-order valence-electron chi connectivity index (χ1n) is 15.2. The summed E-state index contributed by atoms with van der Waals surface area (Å²) in [5, 5.41) is 0.812. The second-order valence-corrected chi connectivity index (χ2v) is 12.9. The van der Waals surface area contributed by atoms with Crippen LogP contribution in [0.15, 0.2) is 29.1 Å². The maximum absolute atomic E-state index is 16.9. The monoisotopic (exact) mass is 892 g/mol. The first kappa shape index (κ1) is 38.2. The largest absolute Gasteiger partial charge is 0.813 e.